The van der Waals surface area contributed by atoms with Crippen molar-refractivity contribution in [2.45, 2.75) is 11.8 Å². The van der Waals surface area contributed by atoms with E-state index in [9.17, 15) is 18.0 Å². The normalized spacial score (nSPS) is 11.0. The number of sulfone groups is 1. The lowest BCUT2D eigenvalue weighted by Gasteiger charge is -2.07. The average Bonchev–Trinajstić information content (AvgIpc) is 2.68. The molecule has 0 spiro atoms. The summed E-state index contributed by atoms with van der Waals surface area (Å²) in [5, 5.41) is 2.60. The van der Waals surface area contributed by atoms with Gasteiger partial charge in [0.2, 0.25) is 5.91 Å². The molecule has 0 bridgehead atoms. The first-order chi connectivity index (χ1) is 13.3. The number of rotatable bonds is 6. The lowest BCUT2D eigenvalue weighted by molar-refractivity contribution is -0.114. The molecule has 0 saturated heterocycles. The van der Waals surface area contributed by atoms with E-state index in [4.69, 9.17) is 0 Å². The number of benzene rings is 3. The van der Waals surface area contributed by atoms with Gasteiger partial charge in [0.25, 0.3) is 0 Å². The van der Waals surface area contributed by atoms with Crippen LogP contribution in [0.3, 0.4) is 0 Å². The Morgan fingerprint density at radius 3 is 1.93 bits per heavy atom. The standard InChI is InChI=1S/C22H19NO4S/c1-16(24)23-20-11-7-19(8-12-20)22(25)15-28(26,27)21-13-9-18(10-14-21)17-5-3-2-4-6-17/h2-14H,15H2,1H3,(H,23,24). The maximum Gasteiger partial charge on any atom is 0.221 e. The van der Waals surface area contributed by atoms with Gasteiger partial charge in [0.1, 0.15) is 5.75 Å². The summed E-state index contributed by atoms with van der Waals surface area (Å²) < 4.78 is 25.2. The zero-order chi connectivity index (χ0) is 20.1. The number of carbonyl (C=O) groups excluding carboxylic acids is 2. The average molecular weight is 393 g/mol. The summed E-state index contributed by atoms with van der Waals surface area (Å²) in [4.78, 5) is 23.5. The number of amides is 1. The molecule has 28 heavy (non-hydrogen) atoms. The summed E-state index contributed by atoms with van der Waals surface area (Å²) in [5.41, 5.74) is 2.71. The monoisotopic (exact) mass is 393 g/mol. The Bertz CT molecular complexity index is 1090. The predicted octanol–water partition coefficient (Wildman–Crippen LogP) is 3.97. The topological polar surface area (TPSA) is 80.3 Å². The molecule has 142 valence electrons. The zero-order valence-electron chi connectivity index (χ0n) is 15.3. The molecule has 0 aromatic heterocycles. The molecule has 0 aliphatic rings. The lowest BCUT2D eigenvalue weighted by Crippen LogP contribution is -2.16. The van der Waals surface area contributed by atoms with Crippen LogP contribution in [0.25, 0.3) is 11.1 Å². The van der Waals surface area contributed by atoms with Gasteiger partial charge in [0, 0.05) is 18.2 Å². The Kier molecular flexibility index (Phi) is 5.70. The lowest BCUT2D eigenvalue weighted by atomic mass is 10.1. The number of ketones is 1. The Balaban J connectivity index is 1.74. The molecule has 5 nitrogen and oxygen atoms in total. The molecule has 1 amide bonds. The molecule has 0 aliphatic heterocycles. The van der Waals surface area contributed by atoms with Crippen molar-refractivity contribution in [1.29, 1.82) is 0 Å². The first kappa shape index (κ1) is 19.5. The molecule has 0 unspecified atom stereocenters. The summed E-state index contributed by atoms with van der Waals surface area (Å²) in [6.45, 7) is 1.38. The van der Waals surface area contributed by atoms with E-state index < -0.39 is 21.4 Å². The van der Waals surface area contributed by atoms with E-state index in [1.807, 2.05) is 30.3 Å². The van der Waals surface area contributed by atoms with Gasteiger partial charge in [-0.3, -0.25) is 9.59 Å². The molecule has 0 saturated carbocycles. The maximum atomic E-state index is 12.6. The van der Waals surface area contributed by atoms with Crippen molar-refractivity contribution >= 4 is 27.2 Å². The Labute approximate surface area is 164 Å². The number of carbonyl (C=O) groups is 2. The van der Waals surface area contributed by atoms with Crippen molar-refractivity contribution in [3.05, 3.63) is 84.4 Å². The minimum atomic E-state index is -3.76. The zero-order valence-corrected chi connectivity index (χ0v) is 16.1. The number of hydrogen-bond donors (Lipinski definition) is 1. The number of nitrogens with one attached hydrogen (secondary N) is 1. The van der Waals surface area contributed by atoms with Gasteiger partial charge in [-0.25, -0.2) is 8.42 Å². The maximum absolute atomic E-state index is 12.6. The van der Waals surface area contributed by atoms with Crippen LogP contribution < -0.4 is 5.32 Å². The van der Waals surface area contributed by atoms with Gasteiger partial charge in [-0.1, -0.05) is 42.5 Å². The van der Waals surface area contributed by atoms with Gasteiger partial charge < -0.3 is 5.32 Å². The Hall–Kier alpha value is -3.25. The highest BCUT2D eigenvalue weighted by molar-refractivity contribution is 7.92. The van der Waals surface area contributed by atoms with Gasteiger partial charge in [-0.15, -0.1) is 0 Å². The fourth-order valence-corrected chi connectivity index (χ4v) is 4.00. The molecule has 0 fully saturated rings. The van der Waals surface area contributed by atoms with Crippen LogP contribution in [0.5, 0.6) is 0 Å². The number of Topliss-reactive ketones (excluding diaryl/α,β-unsaturated/α-hetero) is 1. The van der Waals surface area contributed by atoms with Crippen LogP contribution in [-0.2, 0) is 14.6 Å². The van der Waals surface area contributed by atoms with Crippen LogP contribution in [0.1, 0.15) is 17.3 Å². The minimum Gasteiger partial charge on any atom is -0.326 e. The summed E-state index contributed by atoms with van der Waals surface area (Å²) in [6, 6.07) is 22.3. The number of hydrogen-bond acceptors (Lipinski definition) is 4. The molecule has 3 aromatic carbocycles. The largest absolute Gasteiger partial charge is 0.326 e. The van der Waals surface area contributed by atoms with E-state index in [0.29, 0.717) is 5.69 Å². The van der Waals surface area contributed by atoms with Crippen LogP contribution in [0, 0.1) is 0 Å². The minimum absolute atomic E-state index is 0.107. The third-order valence-electron chi connectivity index (χ3n) is 4.17. The second-order valence-corrected chi connectivity index (χ2v) is 8.32. The summed E-state index contributed by atoms with van der Waals surface area (Å²) in [7, 11) is -3.76. The van der Waals surface area contributed by atoms with Crippen LogP contribution in [-0.4, -0.2) is 25.9 Å². The van der Waals surface area contributed by atoms with Crippen LogP contribution in [0.15, 0.2) is 83.8 Å². The van der Waals surface area contributed by atoms with E-state index >= 15 is 0 Å². The molecular weight excluding hydrogens is 374 g/mol. The van der Waals surface area contributed by atoms with Crippen molar-refractivity contribution < 1.29 is 18.0 Å². The van der Waals surface area contributed by atoms with Gasteiger partial charge in [-0.05, 0) is 47.5 Å². The van der Waals surface area contributed by atoms with Gasteiger partial charge in [-0.2, -0.15) is 0 Å². The van der Waals surface area contributed by atoms with Crippen LogP contribution in [0.2, 0.25) is 0 Å². The van der Waals surface area contributed by atoms with Crippen molar-refractivity contribution in [2.75, 3.05) is 11.1 Å². The second-order valence-electron chi connectivity index (χ2n) is 6.33. The quantitative estimate of drug-likeness (QED) is 0.643. The molecule has 3 aromatic rings. The molecule has 0 heterocycles. The highest BCUT2D eigenvalue weighted by atomic mass is 32.2. The fourth-order valence-electron chi connectivity index (χ4n) is 2.77. The second kappa shape index (κ2) is 8.19. The smallest absolute Gasteiger partial charge is 0.221 e. The fraction of sp³-hybridized carbons (Fsp3) is 0.0909. The van der Waals surface area contributed by atoms with Crippen LogP contribution >= 0.6 is 0 Å². The molecule has 0 atom stereocenters. The SMILES string of the molecule is CC(=O)Nc1ccc(C(=O)CS(=O)(=O)c2ccc(-c3ccccc3)cc2)cc1. The van der Waals surface area contributed by atoms with E-state index in [-0.39, 0.29) is 16.4 Å². The van der Waals surface area contributed by atoms with Gasteiger partial charge >= 0.3 is 0 Å². The van der Waals surface area contributed by atoms with Crippen molar-refractivity contribution in [3.63, 3.8) is 0 Å². The summed E-state index contributed by atoms with van der Waals surface area (Å²) in [5.74, 6) is -1.33. The highest BCUT2D eigenvalue weighted by Gasteiger charge is 2.20. The predicted molar refractivity (Wildman–Crippen MR) is 109 cm³/mol. The van der Waals surface area contributed by atoms with Crippen molar-refractivity contribution in [1.82, 2.24) is 0 Å². The van der Waals surface area contributed by atoms with Crippen LogP contribution in [0.4, 0.5) is 5.69 Å². The molecule has 0 radical (unpaired) electrons. The van der Waals surface area contributed by atoms with Gasteiger partial charge in [0.05, 0.1) is 4.90 Å². The summed E-state index contributed by atoms with van der Waals surface area (Å²) in [6.07, 6.45) is 0. The highest BCUT2D eigenvalue weighted by Crippen LogP contribution is 2.22. The van der Waals surface area contributed by atoms with Crippen molar-refractivity contribution in [2.24, 2.45) is 0 Å². The molecule has 0 aliphatic carbocycles. The number of anilines is 1. The molecule has 1 N–H and O–H groups in total. The molecule has 6 heteroatoms. The Morgan fingerprint density at radius 1 is 0.786 bits per heavy atom. The molecule has 3 rings (SSSR count). The third kappa shape index (κ3) is 4.72. The van der Waals surface area contributed by atoms with E-state index in [1.54, 1.807) is 24.3 Å². The van der Waals surface area contributed by atoms with E-state index in [0.717, 1.165) is 11.1 Å². The van der Waals surface area contributed by atoms with Gasteiger partial charge in [0.15, 0.2) is 15.6 Å². The first-order valence-corrected chi connectivity index (χ1v) is 10.3. The summed E-state index contributed by atoms with van der Waals surface area (Å²) >= 11 is 0. The van der Waals surface area contributed by atoms with E-state index in [2.05, 4.69) is 5.32 Å². The third-order valence-corrected chi connectivity index (χ3v) is 5.80. The first-order valence-electron chi connectivity index (χ1n) is 8.64. The van der Waals surface area contributed by atoms with Crippen molar-refractivity contribution in [3.8, 4) is 11.1 Å². The molecular formula is C22H19NO4S. The van der Waals surface area contributed by atoms with E-state index in [1.165, 1.54) is 31.2 Å². The Morgan fingerprint density at radius 2 is 1.36 bits per heavy atom.